The molecule has 0 aliphatic rings. The maximum Gasteiger partial charge on any atom is 0.249 e. The Labute approximate surface area is 111 Å². The Kier molecular flexibility index (Phi) is 3.17. The number of nitriles is 4. The van der Waals surface area contributed by atoms with E-state index in [0.717, 1.165) is 0 Å². The summed E-state index contributed by atoms with van der Waals surface area (Å²) in [4.78, 5) is 12.4. The molecule has 2 rings (SSSR count). The van der Waals surface area contributed by atoms with Crippen molar-refractivity contribution in [3.63, 3.8) is 0 Å². The van der Waals surface area contributed by atoms with Crippen molar-refractivity contribution in [2.45, 2.75) is 0 Å². The molecule has 2 aromatic rings. The number of azo groups is 1. The lowest BCUT2D eigenvalue weighted by Gasteiger charge is -1.81. The van der Waals surface area contributed by atoms with Crippen molar-refractivity contribution in [1.29, 1.82) is 21.0 Å². The number of H-pyrrole nitrogens is 2. The lowest BCUT2D eigenvalue weighted by atomic mass is 10.4. The summed E-state index contributed by atoms with van der Waals surface area (Å²) in [6, 6.07) is 6.93. The number of imidazole rings is 2. The number of nitrogens with zero attached hydrogens (tertiary/aromatic N) is 8. The van der Waals surface area contributed by atoms with Crippen LogP contribution in [-0.4, -0.2) is 19.9 Å². The Morgan fingerprint density at radius 3 is 1.35 bits per heavy atom. The highest BCUT2D eigenvalue weighted by Crippen LogP contribution is 2.16. The second-order valence-corrected chi connectivity index (χ2v) is 3.22. The van der Waals surface area contributed by atoms with E-state index in [0.29, 0.717) is 0 Å². The molecule has 2 N–H and O–H groups in total. The summed E-state index contributed by atoms with van der Waals surface area (Å²) in [6.07, 6.45) is 0. The molecule has 0 aliphatic carbocycles. The molecule has 0 unspecified atom stereocenters. The average molecular weight is 262 g/mol. The van der Waals surface area contributed by atoms with E-state index in [2.05, 4.69) is 30.2 Å². The zero-order valence-corrected chi connectivity index (χ0v) is 9.58. The molecule has 0 bridgehead atoms. The summed E-state index contributed by atoms with van der Waals surface area (Å²) < 4.78 is 0. The molecule has 0 atom stereocenters. The van der Waals surface area contributed by atoms with Crippen LogP contribution in [0.2, 0.25) is 0 Å². The Morgan fingerprint density at radius 2 is 1.10 bits per heavy atom. The summed E-state index contributed by atoms with van der Waals surface area (Å²) in [7, 11) is 0. The lowest BCUT2D eigenvalue weighted by Crippen LogP contribution is -1.77. The van der Waals surface area contributed by atoms with Crippen molar-refractivity contribution in [1.82, 2.24) is 19.9 Å². The minimum absolute atomic E-state index is 0.0312. The summed E-state index contributed by atoms with van der Waals surface area (Å²) in [6.45, 7) is 0. The highest BCUT2D eigenvalue weighted by Gasteiger charge is 2.10. The van der Waals surface area contributed by atoms with E-state index in [1.165, 1.54) is 0 Å². The highest BCUT2D eigenvalue weighted by molar-refractivity contribution is 5.42. The van der Waals surface area contributed by atoms with Crippen molar-refractivity contribution in [3.05, 3.63) is 22.8 Å². The van der Waals surface area contributed by atoms with Gasteiger partial charge in [-0.25, -0.2) is 0 Å². The van der Waals surface area contributed by atoms with E-state index in [9.17, 15) is 0 Å². The first-order chi connectivity index (χ1) is 9.71. The molecule has 0 saturated carbocycles. The van der Waals surface area contributed by atoms with Crippen molar-refractivity contribution >= 4 is 11.9 Å². The van der Waals surface area contributed by atoms with E-state index in [1.807, 2.05) is 0 Å². The summed E-state index contributed by atoms with van der Waals surface area (Å²) in [5, 5.41) is 42.1. The third-order valence-electron chi connectivity index (χ3n) is 2.06. The molecule has 92 valence electrons. The second kappa shape index (κ2) is 5.09. The molecule has 0 aromatic carbocycles. The summed E-state index contributed by atoms with van der Waals surface area (Å²) in [5.41, 5.74) is -0.264. The number of hydrogen-bond acceptors (Lipinski definition) is 8. The maximum absolute atomic E-state index is 8.72. The van der Waals surface area contributed by atoms with Gasteiger partial charge >= 0.3 is 0 Å². The Morgan fingerprint density at radius 1 is 0.700 bits per heavy atom. The van der Waals surface area contributed by atoms with Gasteiger partial charge in [-0.2, -0.15) is 31.0 Å². The predicted molar refractivity (Wildman–Crippen MR) is 60.2 cm³/mol. The van der Waals surface area contributed by atoms with Crippen LogP contribution >= 0.6 is 0 Å². The van der Waals surface area contributed by atoms with Gasteiger partial charge in [-0.3, -0.25) is 0 Å². The monoisotopic (exact) mass is 262 g/mol. The Hall–Kier alpha value is -4.02. The molecular weight excluding hydrogens is 260 g/mol. The number of aromatic amines is 2. The van der Waals surface area contributed by atoms with E-state index >= 15 is 0 Å². The summed E-state index contributed by atoms with van der Waals surface area (Å²) >= 11 is 0. The van der Waals surface area contributed by atoms with Gasteiger partial charge in [-0.1, -0.05) is 0 Å². The Balaban J connectivity index is 2.32. The molecule has 10 heteroatoms. The fraction of sp³-hybridized carbons (Fsp3) is 0. The van der Waals surface area contributed by atoms with Gasteiger partial charge in [0.05, 0.1) is 0 Å². The molecule has 0 radical (unpaired) electrons. The predicted octanol–water partition coefficient (Wildman–Crippen LogP) is 1.03. The van der Waals surface area contributed by atoms with Crippen LogP contribution in [-0.2, 0) is 0 Å². The van der Waals surface area contributed by atoms with Crippen LogP contribution in [0.1, 0.15) is 22.8 Å². The molecule has 0 fully saturated rings. The van der Waals surface area contributed by atoms with Gasteiger partial charge in [0, 0.05) is 0 Å². The minimum Gasteiger partial charge on any atom is -0.312 e. The molecule has 0 spiro atoms. The number of aromatic nitrogens is 4. The van der Waals surface area contributed by atoms with E-state index in [1.54, 1.807) is 24.3 Å². The van der Waals surface area contributed by atoms with Gasteiger partial charge in [-0.15, -0.1) is 10.2 Å². The zero-order valence-electron chi connectivity index (χ0n) is 9.58. The van der Waals surface area contributed by atoms with Crippen molar-refractivity contribution in [2.75, 3.05) is 0 Å². The van der Waals surface area contributed by atoms with Crippen LogP contribution < -0.4 is 0 Å². The quantitative estimate of drug-likeness (QED) is 0.762. The standard InChI is InChI=1S/C10H2N10/c11-1-5-6(2-12)16-9(15-5)19-20-10-17-7(3-13)8(4-14)18-10/h(H,15,16)(H,17,18)/b20-19+. The molecular formula is C10H2N10. The normalized spacial score (nSPS) is 9.60. The zero-order chi connectivity index (χ0) is 14.5. The third kappa shape index (κ3) is 2.17. The van der Waals surface area contributed by atoms with Gasteiger partial charge < -0.3 is 9.97 Å². The molecule has 0 amide bonds. The SMILES string of the molecule is N#Cc1nc(/N=N/c2nc(C#N)c(C#N)[nH]2)[nH]c1C#N. The van der Waals surface area contributed by atoms with Crippen molar-refractivity contribution < 1.29 is 0 Å². The van der Waals surface area contributed by atoms with Crippen molar-refractivity contribution in [3.8, 4) is 24.3 Å². The van der Waals surface area contributed by atoms with Gasteiger partial charge in [-0.05, 0) is 0 Å². The van der Waals surface area contributed by atoms with Gasteiger partial charge in [0.2, 0.25) is 11.9 Å². The first-order valence-electron chi connectivity index (χ1n) is 4.94. The Bertz CT molecular complexity index is 719. The van der Waals surface area contributed by atoms with Gasteiger partial charge in [0.15, 0.2) is 22.8 Å². The topological polar surface area (TPSA) is 177 Å². The smallest absolute Gasteiger partial charge is 0.249 e. The van der Waals surface area contributed by atoms with Crippen LogP contribution in [0.4, 0.5) is 11.9 Å². The van der Waals surface area contributed by atoms with Crippen LogP contribution in [0.15, 0.2) is 10.2 Å². The molecule has 2 aromatic heterocycles. The fourth-order valence-electron chi connectivity index (χ4n) is 1.23. The number of rotatable bonds is 2. The fourth-order valence-corrected chi connectivity index (χ4v) is 1.23. The van der Waals surface area contributed by atoms with Crippen LogP contribution in [0.3, 0.4) is 0 Å². The number of nitrogens with one attached hydrogen (secondary N) is 2. The van der Waals surface area contributed by atoms with Crippen LogP contribution in [0.5, 0.6) is 0 Å². The molecule has 10 nitrogen and oxygen atoms in total. The van der Waals surface area contributed by atoms with Crippen molar-refractivity contribution in [2.24, 2.45) is 10.2 Å². The van der Waals surface area contributed by atoms with Crippen LogP contribution in [0.25, 0.3) is 0 Å². The summed E-state index contributed by atoms with van der Waals surface area (Å²) in [5.74, 6) is -0.127. The minimum atomic E-state index is -0.101. The number of hydrogen-bond donors (Lipinski definition) is 2. The molecule has 2 heterocycles. The maximum atomic E-state index is 8.72. The molecule has 0 saturated heterocycles. The highest BCUT2D eigenvalue weighted by atomic mass is 15.3. The van der Waals surface area contributed by atoms with Gasteiger partial charge in [0.25, 0.3) is 0 Å². The average Bonchev–Trinajstić information content (AvgIpc) is 3.07. The molecule has 0 aliphatic heterocycles. The molecule has 20 heavy (non-hydrogen) atoms. The van der Waals surface area contributed by atoms with E-state index < -0.39 is 0 Å². The lowest BCUT2D eigenvalue weighted by molar-refractivity contribution is 1.07. The van der Waals surface area contributed by atoms with Gasteiger partial charge in [0.1, 0.15) is 24.3 Å². The third-order valence-corrected chi connectivity index (χ3v) is 2.06. The second-order valence-electron chi connectivity index (χ2n) is 3.22. The first kappa shape index (κ1) is 12.4. The van der Waals surface area contributed by atoms with E-state index in [-0.39, 0.29) is 34.7 Å². The van der Waals surface area contributed by atoms with E-state index in [4.69, 9.17) is 21.0 Å². The first-order valence-corrected chi connectivity index (χ1v) is 4.94. The van der Waals surface area contributed by atoms with Crippen LogP contribution in [0, 0.1) is 45.3 Å². The largest absolute Gasteiger partial charge is 0.312 e.